The predicted molar refractivity (Wildman–Crippen MR) is 110 cm³/mol. The van der Waals surface area contributed by atoms with Crippen molar-refractivity contribution in [1.29, 1.82) is 0 Å². The molecule has 0 amide bonds. The highest BCUT2D eigenvalue weighted by Crippen LogP contribution is 2.13. The van der Waals surface area contributed by atoms with E-state index in [-0.39, 0.29) is 4.65 Å². The number of quaternary nitrogens is 1. The normalized spacial score (nSPS) is 11.5. The number of hydroxylamine groups is 3. The fourth-order valence-corrected chi connectivity index (χ4v) is 3.05. The van der Waals surface area contributed by atoms with Crippen LogP contribution < -0.4 is 4.89 Å². The molecule has 26 heavy (non-hydrogen) atoms. The standard InChI is InChI=1S/C20H44NO.H2O3P/c1-4-5-6-7-8-9-10-11-12-13-14-15-16-17-18-19-20-21(2,3)22;1-4(2)3/h22H,4-20H2,1-3H3;1-2H/q+1;-1. The van der Waals surface area contributed by atoms with E-state index in [0.717, 1.165) is 13.0 Å². The molecule has 6 heteroatoms. The minimum atomic E-state index is -2.87. The Morgan fingerprint density at radius 3 is 1.08 bits per heavy atom. The maximum atomic E-state index is 9.57. The van der Waals surface area contributed by atoms with Crippen molar-refractivity contribution >= 4 is 8.60 Å². The van der Waals surface area contributed by atoms with Crippen LogP contribution in [0.25, 0.3) is 0 Å². The summed E-state index contributed by atoms with van der Waals surface area (Å²) < 4.78 is 0.124. The first kappa shape index (κ1) is 28.4. The van der Waals surface area contributed by atoms with Gasteiger partial charge < -0.3 is 14.7 Å². The molecule has 0 heterocycles. The summed E-state index contributed by atoms with van der Waals surface area (Å²) in [7, 11) is 0.834. The van der Waals surface area contributed by atoms with Crippen molar-refractivity contribution < 1.29 is 24.5 Å². The van der Waals surface area contributed by atoms with E-state index >= 15 is 0 Å². The number of hydrogen-bond donors (Lipinski definition) is 3. The van der Waals surface area contributed by atoms with E-state index in [1.165, 1.54) is 96.3 Å². The van der Waals surface area contributed by atoms with Gasteiger partial charge in [-0.3, -0.25) is 0 Å². The minimum Gasteiger partial charge on any atom is -0.786 e. The van der Waals surface area contributed by atoms with Crippen LogP contribution in [0.1, 0.15) is 110 Å². The Morgan fingerprint density at radius 2 is 0.846 bits per heavy atom. The monoisotopic (exact) mass is 395 g/mol. The molecule has 0 atom stereocenters. The van der Waals surface area contributed by atoms with Gasteiger partial charge in [-0.15, -0.1) is 0 Å². The minimum absolute atomic E-state index is 0.124. The third-order valence-corrected chi connectivity index (χ3v) is 4.56. The number of rotatable bonds is 17. The molecule has 0 spiro atoms. The molecule has 3 N–H and O–H groups in total. The van der Waals surface area contributed by atoms with E-state index in [4.69, 9.17) is 14.7 Å². The molecule has 0 rings (SSSR count). The SMILES string of the molecule is CCCCCCCCCCCCCCCCCC[N+](C)(C)O.[O-]P(O)O. The molecule has 0 aromatic carbocycles. The van der Waals surface area contributed by atoms with Crippen LogP contribution in [0, 0.1) is 0 Å². The summed E-state index contributed by atoms with van der Waals surface area (Å²) in [6.07, 6.45) is 22.4. The van der Waals surface area contributed by atoms with E-state index in [1.54, 1.807) is 0 Å². The molecule has 0 bridgehead atoms. The maximum absolute atomic E-state index is 9.57. The molecule has 0 saturated carbocycles. The number of unbranched alkanes of at least 4 members (excludes halogenated alkanes) is 15. The lowest BCUT2D eigenvalue weighted by molar-refractivity contribution is -1.07. The molecule has 0 saturated heterocycles. The van der Waals surface area contributed by atoms with Crippen molar-refractivity contribution in [2.75, 3.05) is 20.6 Å². The molecule has 160 valence electrons. The first-order valence-electron chi connectivity index (χ1n) is 10.7. The molecular formula is C20H46NO4P. The third-order valence-electron chi connectivity index (χ3n) is 4.56. The van der Waals surface area contributed by atoms with Gasteiger partial charge in [0.25, 0.3) is 0 Å². The van der Waals surface area contributed by atoms with Gasteiger partial charge in [-0.2, -0.15) is 4.65 Å². The van der Waals surface area contributed by atoms with E-state index in [9.17, 15) is 5.21 Å². The van der Waals surface area contributed by atoms with Crippen LogP contribution >= 0.6 is 8.60 Å². The lowest BCUT2D eigenvalue weighted by Crippen LogP contribution is -2.36. The van der Waals surface area contributed by atoms with Gasteiger partial charge >= 0.3 is 0 Å². The van der Waals surface area contributed by atoms with Crippen LogP contribution in [0.4, 0.5) is 0 Å². The van der Waals surface area contributed by atoms with Crippen LogP contribution in [0.3, 0.4) is 0 Å². The van der Waals surface area contributed by atoms with Crippen molar-refractivity contribution in [1.82, 2.24) is 0 Å². The molecule has 0 radical (unpaired) electrons. The lowest BCUT2D eigenvalue weighted by atomic mass is 10.0. The van der Waals surface area contributed by atoms with E-state index in [1.807, 2.05) is 14.1 Å². The van der Waals surface area contributed by atoms with Gasteiger partial charge in [-0.1, -0.05) is 96.8 Å². The van der Waals surface area contributed by atoms with Gasteiger partial charge in [0.15, 0.2) is 0 Å². The average molecular weight is 396 g/mol. The van der Waals surface area contributed by atoms with Gasteiger partial charge in [-0.05, 0) is 12.8 Å². The number of hydrogen-bond acceptors (Lipinski definition) is 4. The fraction of sp³-hybridized carbons (Fsp3) is 1.00. The Bertz CT molecular complexity index is 258. The Labute approximate surface area is 164 Å². The van der Waals surface area contributed by atoms with Gasteiger partial charge in [0.1, 0.15) is 6.54 Å². The highest BCUT2D eigenvalue weighted by Gasteiger charge is 2.08. The van der Waals surface area contributed by atoms with Crippen molar-refractivity contribution in [2.45, 2.75) is 110 Å². The van der Waals surface area contributed by atoms with Gasteiger partial charge in [0.2, 0.25) is 0 Å². The van der Waals surface area contributed by atoms with Crippen LogP contribution in [0.5, 0.6) is 0 Å². The highest BCUT2D eigenvalue weighted by molar-refractivity contribution is 7.36. The molecule has 0 unspecified atom stereocenters. The van der Waals surface area contributed by atoms with Gasteiger partial charge in [-0.25, -0.2) is 5.21 Å². The molecule has 0 aromatic rings. The largest absolute Gasteiger partial charge is 0.786 e. The molecule has 0 aliphatic rings. The quantitative estimate of drug-likeness (QED) is 0.136. The van der Waals surface area contributed by atoms with Gasteiger partial charge in [0.05, 0.1) is 22.7 Å². The summed E-state index contributed by atoms with van der Waals surface area (Å²) in [4.78, 5) is 22.9. The molecule has 5 nitrogen and oxygen atoms in total. The van der Waals surface area contributed by atoms with Gasteiger partial charge in [0, 0.05) is 0 Å². The zero-order valence-corrected chi connectivity index (χ0v) is 18.6. The molecule has 0 aromatic heterocycles. The second kappa shape index (κ2) is 21.5. The average Bonchev–Trinajstić information content (AvgIpc) is 2.53. The van der Waals surface area contributed by atoms with Crippen molar-refractivity contribution in [3.8, 4) is 0 Å². The zero-order chi connectivity index (χ0) is 20.1. The van der Waals surface area contributed by atoms with E-state index < -0.39 is 8.60 Å². The summed E-state index contributed by atoms with van der Waals surface area (Å²) in [6, 6.07) is 0. The van der Waals surface area contributed by atoms with Crippen molar-refractivity contribution in [3.05, 3.63) is 0 Å². The molecule has 0 fully saturated rings. The summed E-state index contributed by atoms with van der Waals surface area (Å²) >= 11 is 0. The number of nitrogens with zero attached hydrogens (tertiary/aromatic N) is 1. The molecular weight excluding hydrogens is 349 g/mol. The Hall–Kier alpha value is 0.230. The second-order valence-corrected chi connectivity index (χ2v) is 8.41. The Kier molecular flexibility index (Phi) is 23.5. The summed E-state index contributed by atoms with van der Waals surface area (Å²) in [6.45, 7) is 3.17. The van der Waals surface area contributed by atoms with Crippen molar-refractivity contribution in [2.24, 2.45) is 0 Å². The van der Waals surface area contributed by atoms with Crippen LogP contribution in [0.15, 0.2) is 0 Å². The molecule has 0 aliphatic carbocycles. The Balaban J connectivity index is 0. The summed E-state index contributed by atoms with van der Waals surface area (Å²) in [5.74, 6) is 0. The fourth-order valence-electron chi connectivity index (χ4n) is 3.05. The first-order valence-corrected chi connectivity index (χ1v) is 11.9. The van der Waals surface area contributed by atoms with Crippen LogP contribution in [-0.2, 0) is 0 Å². The predicted octanol–water partition coefficient (Wildman–Crippen LogP) is 5.27. The topological polar surface area (TPSA) is 83.8 Å². The maximum Gasteiger partial charge on any atom is 0.108 e. The lowest BCUT2D eigenvalue weighted by Gasteiger charge is -2.18. The smallest absolute Gasteiger partial charge is 0.108 e. The molecule has 0 aliphatic heterocycles. The van der Waals surface area contributed by atoms with Crippen LogP contribution in [-0.4, -0.2) is 40.3 Å². The third kappa shape index (κ3) is 35.4. The van der Waals surface area contributed by atoms with E-state index in [2.05, 4.69) is 6.92 Å². The summed E-state index contributed by atoms with van der Waals surface area (Å²) in [5, 5.41) is 9.57. The first-order chi connectivity index (χ1) is 12.3. The van der Waals surface area contributed by atoms with Crippen LogP contribution in [0.2, 0.25) is 0 Å². The zero-order valence-electron chi connectivity index (χ0n) is 17.7. The highest BCUT2D eigenvalue weighted by atomic mass is 31.2. The van der Waals surface area contributed by atoms with Crippen molar-refractivity contribution in [3.63, 3.8) is 0 Å². The Morgan fingerprint density at radius 1 is 0.615 bits per heavy atom. The summed E-state index contributed by atoms with van der Waals surface area (Å²) in [5.41, 5.74) is 0. The van der Waals surface area contributed by atoms with E-state index in [0.29, 0.717) is 0 Å². The second-order valence-electron chi connectivity index (χ2n) is 7.90.